The smallest absolute Gasteiger partial charge is 0.344 e. The van der Waals surface area contributed by atoms with E-state index in [9.17, 15) is 4.79 Å². The molecule has 0 saturated carbocycles. The van der Waals surface area contributed by atoms with Crippen molar-refractivity contribution in [2.45, 2.75) is 13.3 Å². The average Bonchev–Trinajstić information content (AvgIpc) is 2.46. The molecule has 0 saturated heterocycles. The van der Waals surface area contributed by atoms with Crippen molar-refractivity contribution in [2.75, 3.05) is 0 Å². The van der Waals surface area contributed by atoms with Crippen LogP contribution in [-0.4, -0.2) is 5.97 Å². The summed E-state index contributed by atoms with van der Waals surface area (Å²) in [5.41, 5.74) is 1.58. The predicted molar refractivity (Wildman–Crippen MR) is 50.1 cm³/mol. The van der Waals surface area contributed by atoms with Gasteiger partial charge in [0, 0.05) is 5.56 Å². The monoisotopic (exact) mass is 174 g/mol. The third-order valence-electron chi connectivity index (χ3n) is 2.00. The molecule has 0 radical (unpaired) electrons. The van der Waals surface area contributed by atoms with Gasteiger partial charge in [-0.25, -0.2) is 4.79 Å². The Labute approximate surface area is 76.8 Å². The second-order valence-corrected chi connectivity index (χ2v) is 2.91. The van der Waals surface area contributed by atoms with Gasteiger partial charge in [-0.2, -0.15) is 0 Å². The van der Waals surface area contributed by atoms with Gasteiger partial charge < -0.3 is 4.74 Å². The Balaban J connectivity index is 2.53. The minimum absolute atomic E-state index is 0.240. The van der Waals surface area contributed by atoms with E-state index in [1.54, 1.807) is 6.07 Å². The van der Waals surface area contributed by atoms with Crippen molar-refractivity contribution in [3.8, 4) is 0 Å². The van der Waals surface area contributed by atoms with Gasteiger partial charge in [-0.15, -0.1) is 0 Å². The van der Waals surface area contributed by atoms with Crippen molar-refractivity contribution in [3.63, 3.8) is 0 Å². The van der Waals surface area contributed by atoms with E-state index >= 15 is 0 Å². The number of carbonyl (C=O) groups excluding carboxylic acids is 1. The first-order valence-corrected chi connectivity index (χ1v) is 4.34. The van der Waals surface area contributed by atoms with Crippen molar-refractivity contribution in [1.82, 2.24) is 0 Å². The summed E-state index contributed by atoms with van der Waals surface area (Å²) >= 11 is 0. The topological polar surface area (TPSA) is 26.3 Å². The summed E-state index contributed by atoms with van der Waals surface area (Å²) in [5, 5.41) is 0. The molecule has 2 heteroatoms. The molecule has 2 nitrogen and oxygen atoms in total. The van der Waals surface area contributed by atoms with Crippen LogP contribution >= 0.6 is 0 Å². The van der Waals surface area contributed by atoms with Gasteiger partial charge in [0.1, 0.15) is 5.76 Å². The van der Waals surface area contributed by atoms with Crippen LogP contribution in [0, 0.1) is 0 Å². The van der Waals surface area contributed by atoms with Gasteiger partial charge in [-0.3, -0.25) is 0 Å². The number of fused-ring (bicyclic) bond motifs is 1. The molecule has 1 aliphatic rings. The molecule has 1 aromatic carbocycles. The third kappa shape index (κ3) is 1.24. The first-order chi connectivity index (χ1) is 6.33. The Morgan fingerprint density at radius 3 is 2.69 bits per heavy atom. The molecule has 0 aliphatic carbocycles. The molecule has 0 unspecified atom stereocenters. The largest absolute Gasteiger partial charge is 0.423 e. The van der Waals surface area contributed by atoms with Crippen molar-refractivity contribution >= 4 is 11.7 Å². The third-order valence-corrected chi connectivity index (χ3v) is 2.00. The number of carbonyl (C=O) groups is 1. The SMILES string of the molecule is CC/C=C1/OC(=O)c2ccccc21. The van der Waals surface area contributed by atoms with E-state index in [2.05, 4.69) is 0 Å². The van der Waals surface area contributed by atoms with Crippen LogP contribution in [0.5, 0.6) is 0 Å². The minimum Gasteiger partial charge on any atom is -0.423 e. The fourth-order valence-electron chi connectivity index (χ4n) is 1.42. The van der Waals surface area contributed by atoms with Crippen LogP contribution in [0.15, 0.2) is 30.3 Å². The summed E-state index contributed by atoms with van der Waals surface area (Å²) in [6, 6.07) is 7.44. The zero-order valence-corrected chi connectivity index (χ0v) is 7.41. The van der Waals surface area contributed by atoms with Crippen LogP contribution in [0.25, 0.3) is 5.76 Å². The number of rotatable bonds is 1. The fourth-order valence-corrected chi connectivity index (χ4v) is 1.42. The standard InChI is InChI=1S/C11H10O2/c1-2-5-10-8-6-3-4-7-9(8)11(12)13-10/h3-7H,2H2,1H3/b10-5+. The van der Waals surface area contributed by atoms with Gasteiger partial charge in [-0.1, -0.05) is 25.1 Å². The summed E-state index contributed by atoms with van der Waals surface area (Å²) < 4.78 is 5.09. The van der Waals surface area contributed by atoms with Crippen molar-refractivity contribution in [2.24, 2.45) is 0 Å². The molecule has 0 amide bonds. The van der Waals surface area contributed by atoms with Crippen LogP contribution in [-0.2, 0) is 4.74 Å². The molecule has 0 N–H and O–H groups in total. The highest BCUT2D eigenvalue weighted by Gasteiger charge is 2.24. The lowest BCUT2D eigenvalue weighted by molar-refractivity contribution is 0.0715. The molecule has 1 aromatic rings. The summed E-state index contributed by atoms with van der Waals surface area (Å²) in [6.45, 7) is 2.02. The molecule has 1 aliphatic heterocycles. The highest BCUT2D eigenvalue weighted by Crippen LogP contribution is 2.29. The van der Waals surface area contributed by atoms with Gasteiger partial charge in [-0.05, 0) is 18.6 Å². The zero-order valence-electron chi connectivity index (χ0n) is 7.41. The fraction of sp³-hybridized carbons (Fsp3) is 0.182. The maximum absolute atomic E-state index is 11.3. The average molecular weight is 174 g/mol. The van der Waals surface area contributed by atoms with Crippen molar-refractivity contribution in [3.05, 3.63) is 41.5 Å². The lowest BCUT2D eigenvalue weighted by atomic mass is 10.1. The lowest BCUT2D eigenvalue weighted by Gasteiger charge is -1.95. The Morgan fingerprint density at radius 1 is 1.31 bits per heavy atom. The molecular weight excluding hydrogens is 164 g/mol. The Bertz CT molecular complexity index is 377. The van der Waals surface area contributed by atoms with E-state index in [4.69, 9.17) is 4.74 Å². The highest BCUT2D eigenvalue weighted by molar-refractivity contribution is 6.02. The molecule has 0 bridgehead atoms. The van der Waals surface area contributed by atoms with E-state index in [-0.39, 0.29) is 5.97 Å². The second-order valence-electron chi connectivity index (χ2n) is 2.91. The molecule has 0 spiro atoms. The van der Waals surface area contributed by atoms with E-state index in [1.165, 1.54) is 0 Å². The first-order valence-electron chi connectivity index (χ1n) is 4.34. The van der Waals surface area contributed by atoms with Gasteiger partial charge in [0.15, 0.2) is 0 Å². The van der Waals surface area contributed by atoms with E-state index in [1.807, 2.05) is 31.2 Å². The van der Waals surface area contributed by atoms with E-state index < -0.39 is 0 Å². The summed E-state index contributed by atoms with van der Waals surface area (Å²) in [4.78, 5) is 11.3. The molecule has 0 aromatic heterocycles. The Morgan fingerprint density at radius 2 is 2.00 bits per heavy atom. The van der Waals surface area contributed by atoms with Gasteiger partial charge in [0.25, 0.3) is 0 Å². The zero-order chi connectivity index (χ0) is 9.26. The quantitative estimate of drug-likeness (QED) is 0.612. The maximum atomic E-state index is 11.3. The molecule has 66 valence electrons. The molecule has 0 fully saturated rings. The van der Waals surface area contributed by atoms with Crippen LogP contribution in [0.4, 0.5) is 0 Å². The molecule has 2 rings (SSSR count). The van der Waals surface area contributed by atoms with Crippen LogP contribution in [0.2, 0.25) is 0 Å². The van der Waals surface area contributed by atoms with Crippen LogP contribution < -0.4 is 0 Å². The predicted octanol–water partition coefficient (Wildman–Crippen LogP) is 2.61. The minimum atomic E-state index is -0.240. The van der Waals surface area contributed by atoms with Gasteiger partial charge in [0.2, 0.25) is 0 Å². The first kappa shape index (κ1) is 8.05. The second kappa shape index (κ2) is 3.05. The lowest BCUT2D eigenvalue weighted by Crippen LogP contribution is -1.92. The number of allylic oxidation sites excluding steroid dienone is 1. The van der Waals surface area contributed by atoms with Gasteiger partial charge >= 0.3 is 5.97 Å². The normalized spacial score (nSPS) is 17.3. The molecule has 1 heterocycles. The van der Waals surface area contributed by atoms with Crippen LogP contribution in [0.3, 0.4) is 0 Å². The summed E-state index contributed by atoms with van der Waals surface area (Å²) in [5.74, 6) is 0.457. The number of hydrogen-bond acceptors (Lipinski definition) is 2. The number of hydrogen-bond donors (Lipinski definition) is 0. The van der Waals surface area contributed by atoms with Crippen LogP contribution in [0.1, 0.15) is 29.3 Å². The summed E-state index contributed by atoms with van der Waals surface area (Å²) in [7, 11) is 0. The molecule has 0 atom stereocenters. The number of ether oxygens (including phenoxy) is 1. The van der Waals surface area contributed by atoms with E-state index in [0.29, 0.717) is 11.3 Å². The number of cyclic esters (lactones) is 1. The van der Waals surface area contributed by atoms with Gasteiger partial charge in [0.05, 0.1) is 5.56 Å². The van der Waals surface area contributed by atoms with Crippen molar-refractivity contribution < 1.29 is 9.53 Å². The summed E-state index contributed by atoms with van der Waals surface area (Å²) in [6.07, 6.45) is 2.79. The van der Waals surface area contributed by atoms with E-state index in [0.717, 1.165) is 12.0 Å². The Hall–Kier alpha value is -1.57. The molecular formula is C11H10O2. The number of benzene rings is 1. The number of esters is 1. The Kier molecular flexibility index (Phi) is 1.89. The van der Waals surface area contributed by atoms with Crippen molar-refractivity contribution in [1.29, 1.82) is 0 Å². The highest BCUT2D eigenvalue weighted by atomic mass is 16.5. The molecule has 13 heavy (non-hydrogen) atoms. The maximum Gasteiger partial charge on any atom is 0.344 e.